The van der Waals surface area contributed by atoms with Gasteiger partial charge in [-0.2, -0.15) is 0 Å². The molecule has 1 aromatic heterocycles. The van der Waals surface area contributed by atoms with Crippen molar-refractivity contribution in [2.24, 2.45) is 0 Å². The molecule has 0 spiro atoms. The van der Waals surface area contributed by atoms with Gasteiger partial charge in [-0.3, -0.25) is 4.79 Å². The molecule has 7 nitrogen and oxygen atoms in total. The predicted octanol–water partition coefficient (Wildman–Crippen LogP) is 0.906. The van der Waals surface area contributed by atoms with Gasteiger partial charge in [0.15, 0.2) is 5.69 Å². The lowest BCUT2D eigenvalue weighted by atomic mass is 10.1. The summed E-state index contributed by atoms with van der Waals surface area (Å²) in [6.45, 7) is -0.431. The molecule has 2 aromatic rings. The van der Waals surface area contributed by atoms with E-state index in [0.29, 0.717) is 0 Å². The molecule has 0 saturated carbocycles. The average Bonchev–Trinajstić information content (AvgIpc) is 3.15. The maximum Gasteiger partial charge on any atom is 0.343 e. The van der Waals surface area contributed by atoms with Crippen LogP contribution in [0.25, 0.3) is 5.69 Å². The lowest BCUT2D eigenvalue weighted by molar-refractivity contribution is -0.149. The van der Waals surface area contributed by atoms with Crippen molar-refractivity contribution in [3.05, 3.63) is 42.2 Å². The second-order valence-corrected chi connectivity index (χ2v) is 5.13. The van der Waals surface area contributed by atoms with Gasteiger partial charge in [0.05, 0.1) is 18.4 Å². The van der Waals surface area contributed by atoms with Crippen LogP contribution in [-0.2, 0) is 4.79 Å². The molecule has 1 saturated heterocycles. The Labute approximate surface area is 125 Å². The van der Waals surface area contributed by atoms with E-state index in [-0.39, 0.29) is 18.7 Å². The third-order valence-electron chi connectivity index (χ3n) is 3.62. The van der Waals surface area contributed by atoms with E-state index in [0.717, 1.165) is 10.6 Å². The fraction of sp³-hybridized carbons (Fsp3) is 0.286. The molecule has 1 aliphatic rings. The number of aromatic nitrogens is 3. The van der Waals surface area contributed by atoms with E-state index in [2.05, 4.69) is 10.3 Å². The number of benzene rings is 1. The first-order valence-corrected chi connectivity index (χ1v) is 6.69. The molecular formula is C14H13FN4O3. The van der Waals surface area contributed by atoms with Gasteiger partial charge in [0, 0.05) is 13.0 Å². The zero-order valence-corrected chi connectivity index (χ0v) is 11.5. The fourth-order valence-electron chi connectivity index (χ4n) is 2.35. The second-order valence-electron chi connectivity index (χ2n) is 5.13. The maximum atomic E-state index is 14.0. The van der Waals surface area contributed by atoms with E-state index in [1.807, 2.05) is 18.2 Å². The molecule has 1 aromatic carbocycles. The minimum Gasteiger partial charge on any atom is -0.479 e. The molecule has 8 heteroatoms. The summed E-state index contributed by atoms with van der Waals surface area (Å²) in [6, 6.07) is 9.10. The minimum absolute atomic E-state index is 0.0415. The number of halogens is 1. The molecule has 1 unspecified atom stereocenters. The van der Waals surface area contributed by atoms with Gasteiger partial charge in [-0.1, -0.05) is 23.4 Å². The van der Waals surface area contributed by atoms with Crippen LogP contribution in [-0.4, -0.2) is 55.6 Å². The highest BCUT2D eigenvalue weighted by atomic mass is 19.1. The highest BCUT2D eigenvalue weighted by molar-refractivity contribution is 5.93. The standard InChI is InChI=1S/C14H13FN4O3/c15-14(13(21)22)6-7-18(9-14)12(20)11-8-19(17-16-11)10-4-2-1-3-5-10/h1-5,8H,6-7,9H2,(H,21,22). The van der Waals surface area contributed by atoms with Crippen molar-refractivity contribution in [2.75, 3.05) is 13.1 Å². The van der Waals surface area contributed by atoms with Crippen molar-refractivity contribution in [1.29, 1.82) is 0 Å². The number of nitrogens with zero attached hydrogens (tertiary/aromatic N) is 4. The van der Waals surface area contributed by atoms with E-state index in [9.17, 15) is 14.0 Å². The molecule has 22 heavy (non-hydrogen) atoms. The molecular weight excluding hydrogens is 291 g/mol. The van der Waals surface area contributed by atoms with Crippen LogP contribution in [0.4, 0.5) is 4.39 Å². The van der Waals surface area contributed by atoms with Crippen molar-refractivity contribution in [3.8, 4) is 5.69 Å². The predicted molar refractivity (Wildman–Crippen MR) is 73.4 cm³/mol. The molecule has 1 fully saturated rings. The van der Waals surface area contributed by atoms with E-state index in [1.165, 1.54) is 10.9 Å². The normalized spacial score (nSPS) is 21.0. The molecule has 3 rings (SSSR count). The van der Waals surface area contributed by atoms with Gasteiger partial charge in [-0.25, -0.2) is 13.9 Å². The molecule has 114 valence electrons. The fourth-order valence-corrected chi connectivity index (χ4v) is 2.35. The molecule has 0 radical (unpaired) electrons. The molecule has 0 aliphatic carbocycles. The number of carboxylic acids is 1. The summed E-state index contributed by atoms with van der Waals surface area (Å²) in [5.41, 5.74) is -1.59. The summed E-state index contributed by atoms with van der Waals surface area (Å²) in [7, 11) is 0. The third-order valence-corrected chi connectivity index (χ3v) is 3.62. The van der Waals surface area contributed by atoms with Gasteiger partial charge in [-0.05, 0) is 12.1 Å². The third kappa shape index (κ3) is 2.43. The SMILES string of the molecule is O=C(c1cn(-c2ccccc2)nn1)N1CCC(F)(C(=O)O)C1. The van der Waals surface area contributed by atoms with Crippen molar-refractivity contribution >= 4 is 11.9 Å². The highest BCUT2D eigenvalue weighted by Crippen LogP contribution is 2.26. The Morgan fingerprint density at radius 2 is 2.00 bits per heavy atom. The first kappa shape index (κ1) is 14.2. The van der Waals surface area contributed by atoms with E-state index >= 15 is 0 Å². The van der Waals surface area contributed by atoms with E-state index in [1.54, 1.807) is 12.1 Å². The summed E-state index contributed by atoms with van der Waals surface area (Å²) in [4.78, 5) is 24.3. The number of hydrogen-bond donors (Lipinski definition) is 1. The minimum atomic E-state index is -2.38. The number of carbonyl (C=O) groups is 2. The van der Waals surface area contributed by atoms with Crippen LogP contribution in [0.15, 0.2) is 36.5 Å². The number of likely N-dealkylation sites (tertiary alicyclic amines) is 1. The van der Waals surface area contributed by atoms with Crippen LogP contribution in [0.2, 0.25) is 0 Å². The van der Waals surface area contributed by atoms with Crippen LogP contribution in [0.3, 0.4) is 0 Å². The number of hydrogen-bond acceptors (Lipinski definition) is 4. The van der Waals surface area contributed by atoms with Crippen LogP contribution in [0, 0.1) is 0 Å². The van der Waals surface area contributed by atoms with Gasteiger partial charge in [0.2, 0.25) is 5.67 Å². The van der Waals surface area contributed by atoms with Crippen molar-refractivity contribution in [2.45, 2.75) is 12.1 Å². The smallest absolute Gasteiger partial charge is 0.343 e. The number of amides is 1. The van der Waals surface area contributed by atoms with Gasteiger partial charge in [-0.15, -0.1) is 5.10 Å². The molecule has 1 aliphatic heterocycles. The molecule has 2 heterocycles. The largest absolute Gasteiger partial charge is 0.479 e. The molecule has 0 bridgehead atoms. The number of rotatable bonds is 3. The van der Waals surface area contributed by atoms with E-state index in [4.69, 9.17) is 5.11 Å². The van der Waals surface area contributed by atoms with Gasteiger partial charge < -0.3 is 10.0 Å². The molecule has 1 amide bonds. The first-order valence-electron chi connectivity index (χ1n) is 6.69. The Morgan fingerprint density at radius 3 is 2.64 bits per heavy atom. The monoisotopic (exact) mass is 304 g/mol. The van der Waals surface area contributed by atoms with Gasteiger partial charge >= 0.3 is 5.97 Å². The summed E-state index contributed by atoms with van der Waals surface area (Å²) in [6.07, 6.45) is 1.22. The Bertz CT molecular complexity index is 718. The lowest BCUT2D eigenvalue weighted by Crippen LogP contribution is -2.39. The van der Waals surface area contributed by atoms with Crippen molar-refractivity contribution < 1.29 is 19.1 Å². The van der Waals surface area contributed by atoms with Crippen LogP contribution in [0.5, 0.6) is 0 Å². The Morgan fingerprint density at radius 1 is 1.27 bits per heavy atom. The first-order chi connectivity index (χ1) is 10.5. The summed E-state index contributed by atoms with van der Waals surface area (Å²) in [5.74, 6) is -2.07. The van der Waals surface area contributed by atoms with Crippen LogP contribution in [0.1, 0.15) is 16.9 Å². The molecule has 1 N–H and O–H groups in total. The summed E-state index contributed by atoms with van der Waals surface area (Å²) < 4.78 is 15.4. The van der Waals surface area contributed by atoms with Crippen LogP contribution < -0.4 is 0 Å². The Kier molecular flexibility index (Phi) is 3.36. The van der Waals surface area contributed by atoms with Gasteiger partial charge in [0.25, 0.3) is 5.91 Å². The Hall–Kier alpha value is -2.77. The zero-order valence-electron chi connectivity index (χ0n) is 11.5. The lowest BCUT2D eigenvalue weighted by Gasteiger charge is -2.16. The van der Waals surface area contributed by atoms with Gasteiger partial charge in [0.1, 0.15) is 0 Å². The topological polar surface area (TPSA) is 88.3 Å². The quantitative estimate of drug-likeness (QED) is 0.910. The summed E-state index contributed by atoms with van der Waals surface area (Å²) in [5, 5.41) is 16.5. The zero-order chi connectivity index (χ0) is 15.7. The van der Waals surface area contributed by atoms with Crippen molar-refractivity contribution in [1.82, 2.24) is 19.9 Å². The second kappa shape index (κ2) is 5.21. The number of aliphatic carboxylic acids is 1. The van der Waals surface area contributed by atoms with Crippen molar-refractivity contribution in [3.63, 3.8) is 0 Å². The number of carbonyl (C=O) groups excluding carboxylic acids is 1. The Balaban J connectivity index is 1.77. The summed E-state index contributed by atoms with van der Waals surface area (Å²) >= 11 is 0. The highest BCUT2D eigenvalue weighted by Gasteiger charge is 2.47. The molecule has 1 atom stereocenters. The number of para-hydroxylation sites is 1. The number of carboxylic acid groups (broad SMARTS) is 1. The number of alkyl halides is 1. The average molecular weight is 304 g/mol. The van der Waals surface area contributed by atoms with Crippen LogP contribution >= 0.6 is 0 Å². The van der Waals surface area contributed by atoms with E-state index < -0.39 is 24.1 Å². The maximum absolute atomic E-state index is 14.0.